The van der Waals surface area contributed by atoms with E-state index in [1.54, 1.807) is 0 Å². The van der Waals surface area contributed by atoms with E-state index in [1.165, 1.54) is 11.3 Å². The first-order valence-electron chi connectivity index (χ1n) is 5.81. The van der Waals surface area contributed by atoms with E-state index in [9.17, 15) is 4.79 Å². The summed E-state index contributed by atoms with van der Waals surface area (Å²) >= 11 is 1.53. The molecule has 0 aliphatic rings. The van der Waals surface area contributed by atoms with Crippen LogP contribution < -0.4 is 5.73 Å². The SMILES string of the molecule is CC(C)CCCC(=O)c1csc(CCN)n1. The van der Waals surface area contributed by atoms with Crippen molar-refractivity contribution in [2.45, 2.75) is 39.5 Å². The minimum absolute atomic E-state index is 0.167. The molecule has 0 saturated heterocycles. The van der Waals surface area contributed by atoms with E-state index in [4.69, 9.17) is 5.73 Å². The second-order valence-electron chi connectivity index (χ2n) is 4.37. The van der Waals surface area contributed by atoms with Crippen LogP contribution in [0.5, 0.6) is 0 Å². The number of ketones is 1. The fourth-order valence-corrected chi connectivity index (χ4v) is 2.29. The predicted octanol–water partition coefficient (Wildman–Crippen LogP) is 2.65. The Morgan fingerprint density at radius 3 is 2.94 bits per heavy atom. The van der Waals surface area contributed by atoms with Crippen LogP contribution in [0.25, 0.3) is 0 Å². The Kier molecular flexibility index (Phi) is 5.63. The van der Waals surface area contributed by atoms with Crippen molar-refractivity contribution in [3.8, 4) is 0 Å². The van der Waals surface area contributed by atoms with Crippen molar-refractivity contribution < 1.29 is 4.79 Å². The maximum atomic E-state index is 11.8. The van der Waals surface area contributed by atoms with Gasteiger partial charge in [-0.2, -0.15) is 0 Å². The van der Waals surface area contributed by atoms with Gasteiger partial charge >= 0.3 is 0 Å². The second kappa shape index (κ2) is 6.76. The first-order valence-corrected chi connectivity index (χ1v) is 6.69. The molecular weight excluding hydrogens is 220 g/mol. The number of aromatic nitrogens is 1. The van der Waals surface area contributed by atoms with Crippen LogP contribution in [0.2, 0.25) is 0 Å². The summed E-state index contributed by atoms with van der Waals surface area (Å²) in [5, 5.41) is 2.82. The fourth-order valence-electron chi connectivity index (χ4n) is 1.48. The zero-order valence-electron chi connectivity index (χ0n) is 10.0. The van der Waals surface area contributed by atoms with E-state index < -0.39 is 0 Å². The van der Waals surface area contributed by atoms with Gasteiger partial charge in [-0.25, -0.2) is 4.98 Å². The topological polar surface area (TPSA) is 56.0 Å². The quantitative estimate of drug-likeness (QED) is 0.745. The number of nitrogens with two attached hydrogens (primary N) is 1. The van der Waals surface area contributed by atoms with Gasteiger partial charge in [0, 0.05) is 18.2 Å². The Morgan fingerprint density at radius 2 is 2.31 bits per heavy atom. The molecule has 1 heterocycles. The summed E-state index contributed by atoms with van der Waals surface area (Å²) in [5.41, 5.74) is 6.06. The molecule has 0 atom stereocenters. The summed E-state index contributed by atoms with van der Waals surface area (Å²) in [4.78, 5) is 16.0. The highest BCUT2D eigenvalue weighted by molar-refractivity contribution is 7.09. The minimum Gasteiger partial charge on any atom is -0.330 e. The maximum absolute atomic E-state index is 11.8. The summed E-state index contributed by atoms with van der Waals surface area (Å²) in [6, 6.07) is 0. The Balaban J connectivity index is 2.40. The molecule has 0 bridgehead atoms. The molecule has 0 aliphatic carbocycles. The molecule has 0 aromatic carbocycles. The number of carbonyl (C=O) groups excluding carboxylic acids is 1. The number of hydrogen-bond donors (Lipinski definition) is 1. The maximum Gasteiger partial charge on any atom is 0.182 e. The molecule has 90 valence electrons. The van der Waals surface area contributed by atoms with Crippen molar-refractivity contribution in [2.75, 3.05) is 6.54 Å². The lowest BCUT2D eigenvalue weighted by molar-refractivity contribution is 0.0974. The van der Waals surface area contributed by atoms with E-state index in [-0.39, 0.29) is 5.78 Å². The normalized spacial score (nSPS) is 11.0. The van der Waals surface area contributed by atoms with E-state index in [0.29, 0.717) is 24.6 Å². The standard InChI is InChI=1S/C12H20N2OS/c1-9(2)4-3-5-11(15)10-8-16-12(14-10)6-7-13/h8-9H,3-7,13H2,1-2H3. The van der Waals surface area contributed by atoms with E-state index in [0.717, 1.165) is 24.3 Å². The Labute approximate surface area is 101 Å². The fraction of sp³-hybridized carbons (Fsp3) is 0.667. The van der Waals surface area contributed by atoms with Gasteiger partial charge in [0.05, 0.1) is 5.01 Å². The minimum atomic E-state index is 0.167. The number of rotatable bonds is 7. The van der Waals surface area contributed by atoms with Crippen LogP contribution in [0.15, 0.2) is 5.38 Å². The number of Topliss-reactive ketones (excluding diaryl/α,β-unsaturated/α-hetero) is 1. The molecule has 0 radical (unpaired) electrons. The highest BCUT2D eigenvalue weighted by Gasteiger charge is 2.10. The molecule has 0 amide bonds. The van der Waals surface area contributed by atoms with Gasteiger partial charge in [-0.3, -0.25) is 4.79 Å². The van der Waals surface area contributed by atoms with Gasteiger partial charge < -0.3 is 5.73 Å². The van der Waals surface area contributed by atoms with E-state index in [1.807, 2.05) is 5.38 Å². The van der Waals surface area contributed by atoms with Gasteiger partial charge in [-0.05, 0) is 18.9 Å². The molecule has 0 unspecified atom stereocenters. The van der Waals surface area contributed by atoms with Crippen LogP contribution in [-0.4, -0.2) is 17.3 Å². The van der Waals surface area contributed by atoms with Crippen LogP contribution in [0.4, 0.5) is 0 Å². The monoisotopic (exact) mass is 240 g/mol. The molecule has 0 spiro atoms. The van der Waals surface area contributed by atoms with E-state index >= 15 is 0 Å². The zero-order valence-corrected chi connectivity index (χ0v) is 10.8. The van der Waals surface area contributed by atoms with Crippen LogP contribution in [-0.2, 0) is 6.42 Å². The molecule has 16 heavy (non-hydrogen) atoms. The molecule has 2 N–H and O–H groups in total. The molecule has 0 saturated carbocycles. The molecule has 0 aliphatic heterocycles. The summed E-state index contributed by atoms with van der Waals surface area (Å²) in [5.74, 6) is 0.830. The molecule has 4 heteroatoms. The van der Waals surface area contributed by atoms with Crippen molar-refractivity contribution in [3.05, 3.63) is 16.1 Å². The Morgan fingerprint density at radius 1 is 1.56 bits per heavy atom. The van der Waals surface area contributed by atoms with Gasteiger partial charge in [-0.1, -0.05) is 20.3 Å². The van der Waals surface area contributed by atoms with Crippen molar-refractivity contribution in [2.24, 2.45) is 11.7 Å². The van der Waals surface area contributed by atoms with Crippen LogP contribution in [0.1, 0.15) is 48.6 Å². The van der Waals surface area contributed by atoms with Crippen LogP contribution in [0.3, 0.4) is 0 Å². The highest BCUT2D eigenvalue weighted by atomic mass is 32.1. The first-order chi connectivity index (χ1) is 7.63. The van der Waals surface area contributed by atoms with Crippen molar-refractivity contribution in [1.29, 1.82) is 0 Å². The number of thiazole rings is 1. The third kappa shape index (κ3) is 4.41. The Bertz CT molecular complexity index is 334. The summed E-state index contributed by atoms with van der Waals surface area (Å²) in [7, 11) is 0. The number of hydrogen-bond acceptors (Lipinski definition) is 4. The zero-order chi connectivity index (χ0) is 12.0. The number of nitrogens with zero attached hydrogens (tertiary/aromatic N) is 1. The Hall–Kier alpha value is -0.740. The van der Waals surface area contributed by atoms with Gasteiger partial charge in [0.15, 0.2) is 5.78 Å². The third-order valence-electron chi connectivity index (χ3n) is 2.38. The molecule has 0 fully saturated rings. The second-order valence-corrected chi connectivity index (χ2v) is 5.32. The molecule has 1 rings (SSSR count). The largest absolute Gasteiger partial charge is 0.330 e. The summed E-state index contributed by atoms with van der Waals surface area (Å²) in [6.07, 6.45) is 3.44. The van der Waals surface area contributed by atoms with Crippen LogP contribution in [0, 0.1) is 5.92 Å². The third-order valence-corrected chi connectivity index (χ3v) is 3.29. The highest BCUT2D eigenvalue weighted by Crippen LogP contribution is 2.14. The predicted molar refractivity (Wildman–Crippen MR) is 67.9 cm³/mol. The van der Waals surface area contributed by atoms with Crippen molar-refractivity contribution in [1.82, 2.24) is 4.98 Å². The van der Waals surface area contributed by atoms with Gasteiger partial charge in [0.25, 0.3) is 0 Å². The molecule has 1 aromatic rings. The smallest absolute Gasteiger partial charge is 0.182 e. The van der Waals surface area contributed by atoms with Gasteiger partial charge in [0.2, 0.25) is 0 Å². The van der Waals surface area contributed by atoms with Crippen molar-refractivity contribution >= 4 is 17.1 Å². The molecule has 3 nitrogen and oxygen atoms in total. The molecule has 1 aromatic heterocycles. The van der Waals surface area contributed by atoms with Crippen LogP contribution >= 0.6 is 11.3 Å². The lowest BCUT2D eigenvalue weighted by atomic mass is 10.0. The van der Waals surface area contributed by atoms with Crippen molar-refractivity contribution in [3.63, 3.8) is 0 Å². The first kappa shape index (κ1) is 13.3. The average molecular weight is 240 g/mol. The van der Waals surface area contributed by atoms with Gasteiger partial charge in [0.1, 0.15) is 5.69 Å². The average Bonchev–Trinajstić information content (AvgIpc) is 2.66. The van der Waals surface area contributed by atoms with E-state index in [2.05, 4.69) is 18.8 Å². The summed E-state index contributed by atoms with van der Waals surface area (Å²) in [6.45, 7) is 4.94. The lowest BCUT2D eigenvalue weighted by Crippen LogP contribution is -2.04. The summed E-state index contributed by atoms with van der Waals surface area (Å²) < 4.78 is 0. The molecular formula is C12H20N2OS. The lowest BCUT2D eigenvalue weighted by Gasteiger charge is -2.02. The number of carbonyl (C=O) groups is 1. The van der Waals surface area contributed by atoms with Gasteiger partial charge in [-0.15, -0.1) is 11.3 Å².